The lowest BCUT2D eigenvalue weighted by molar-refractivity contribution is -0.226. The van der Waals surface area contributed by atoms with E-state index in [2.05, 4.69) is 15.9 Å². The van der Waals surface area contributed by atoms with Gasteiger partial charge in [0, 0.05) is 11.6 Å². The molecule has 0 bridgehead atoms. The molecule has 0 aliphatic carbocycles. The van der Waals surface area contributed by atoms with E-state index in [1.54, 1.807) is 0 Å². The van der Waals surface area contributed by atoms with E-state index in [0.717, 1.165) is 10.2 Å². The van der Waals surface area contributed by atoms with Crippen LogP contribution in [0.2, 0.25) is 0 Å². The van der Waals surface area contributed by atoms with Crippen LogP contribution in [0.25, 0.3) is 0 Å². The van der Waals surface area contributed by atoms with Crippen LogP contribution in [0.4, 0.5) is 4.39 Å². The molecule has 6 heteroatoms. The first-order valence-corrected chi connectivity index (χ1v) is 7.15. The predicted molar refractivity (Wildman–Crippen MR) is 75.9 cm³/mol. The van der Waals surface area contributed by atoms with Gasteiger partial charge in [-0.05, 0) is 24.3 Å². The Morgan fingerprint density at radius 3 is 2.80 bits per heavy atom. The van der Waals surface area contributed by atoms with Crippen LogP contribution in [0.1, 0.15) is 0 Å². The van der Waals surface area contributed by atoms with E-state index in [1.807, 2.05) is 24.3 Å². The second kappa shape index (κ2) is 7.36. The van der Waals surface area contributed by atoms with E-state index in [-0.39, 0.29) is 19.3 Å². The average Bonchev–Trinajstić information content (AvgIpc) is 2.47. The molecule has 2 rings (SSSR count). The van der Waals surface area contributed by atoms with Crippen molar-refractivity contribution in [3.63, 3.8) is 0 Å². The molecule has 0 saturated carbocycles. The van der Waals surface area contributed by atoms with Gasteiger partial charge < -0.3 is 18.9 Å². The lowest BCUT2D eigenvalue weighted by Gasteiger charge is -2.38. The Labute approximate surface area is 126 Å². The molecule has 1 aromatic carbocycles. The quantitative estimate of drug-likeness (QED) is 0.791. The third-order valence-corrected chi connectivity index (χ3v) is 3.51. The fourth-order valence-corrected chi connectivity index (χ4v) is 2.31. The maximum atomic E-state index is 13.2. The summed E-state index contributed by atoms with van der Waals surface area (Å²) in [5, 5.41) is 0. The van der Waals surface area contributed by atoms with Gasteiger partial charge in [0.25, 0.3) is 0 Å². The predicted octanol–water partition coefficient (Wildman–Crippen LogP) is 2.60. The summed E-state index contributed by atoms with van der Waals surface area (Å²) >= 11 is 3.36. The van der Waals surface area contributed by atoms with Crippen molar-refractivity contribution in [1.82, 2.24) is 0 Å². The van der Waals surface area contributed by atoms with E-state index in [0.29, 0.717) is 13.2 Å². The zero-order chi connectivity index (χ0) is 14.4. The minimum atomic E-state index is -1.01. The van der Waals surface area contributed by atoms with Crippen LogP contribution >= 0.6 is 15.9 Å². The molecule has 4 nitrogen and oxygen atoms in total. The maximum absolute atomic E-state index is 13.2. The molecule has 1 heterocycles. The molecule has 1 aliphatic heterocycles. The highest BCUT2D eigenvalue weighted by Gasteiger charge is 2.39. The fraction of sp³-hybridized carbons (Fsp3) is 0.571. The molecule has 1 fully saturated rings. The molecule has 1 aliphatic rings. The summed E-state index contributed by atoms with van der Waals surface area (Å²) < 4.78 is 36.0. The lowest BCUT2D eigenvalue weighted by Crippen LogP contribution is -2.53. The third-order valence-electron chi connectivity index (χ3n) is 2.99. The van der Waals surface area contributed by atoms with E-state index in [9.17, 15) is 4.39 Å². The lowest BCUT2D eigenvalue weighted by atomic mass is 10.1. The number of benzene rings is 1. The van der Waals surface area contributed by atoms with E-state index >= 15 is 0 Å². The van der Waals surface area contributed by atoms with Crippen LogP contribution in [0.5, 0.6) is 5.75 Å². The van der Waals surface area contributed by atoms with E-state index < -0.39 is 12.3 Å². The molecule has 0 radical (unpaired) electrons. The van der Waals surface area contributed by atoms with Crippen LogP contribution in [0.3, 0.4) is 0 Å². The van der Waals surface area contributed by atoms with Gasteiger partial charge in [0.2, 0.25) is 0 Å². The van der Waals surface area contributed by atoms with Crippen LogP contribution in [0.15, 0.2) is 28.7 Å². The molecule has 0 unspecified atom stereocenters. The molecule has 0 aromatic heterocycles. The average molecular weight is 349 g/mol. The Kier molecular flexibility index (Phi) is 5.77. The van der Waals surface area contributed by atoms with Crippen LogP contribution in [-0.4, -0.2) is 51.9 Å². The first-order chi connectivity index (χ1) is 9.67. The number of hydrogen-bond acceptors (Lipinski definition) is 4. The van der Waals surface area contributed by atoms with Crippen molar-refractivity contribution in [3.05, 3.63) is 28.7 Å². The van der Waals surface area contributed by atoms with Gasteiger partial charge in [0.15, 0.2) is 0 Å². The molecule has 0 N–H and O–H groups in total. The first-order valence-electron chi connectivity index (χ1n) is 6.36. The topological polar surface area (TPSA) is 36.9 Å². The van der Waals surface area contributed by atoms with Crippen molar-refractivity contribution in [3.8, 4) is 5.75 Å². The number of methoxy groups -OCH3 is 1. The smallest absolute Gasteiger partial charge is 0.143 e. The Hall–Kier alpha value is -0.690. The number of halogens is 2. The van der Waals surface area contributed by atoms with Crippen LogP contribution in [-0.2, 0) is 14.2 Å². The molecule has 2 atom stereocenters. The maximum Gasteiger partial charge on any atom is 0.143 e. The van der Waals surface area contributed by atoms with Crippen LogP contribution < -0.4 is 4.74 Å². The highest BCUT2D eigenvalue weighted by atomic mass is 79.9. The van der Waals surface area contributed by atoms with Crippen molar-refractivity contribution in [2.75, 3.05) is 40.2 Å². The van der Waals surface area contributed by atoms with Gasteiger partial charge in [-0.3, -0.25) is 0 Å². The first kappa shape index (κ1) is 15.7. The summed E-state index contributed by atoms with van der Waals surface area (Å²) in [5.41, 5.74) is -1.01. The van der Waals surface area contributed by atoms with Crippen molar-refractivity contribution in [1.29, 1.82) is 0 Å². The second-order valence-corrected chi connectivity index (χ2v) is 5.69. The van der Waals surface area contributed by atoms with E-state index in [4.69, 9.17) is 18.9 Å². The van der Waals surface area contributed by atoms with Gasteiger partial charge in [-0.25, -0.2) is 4.39 Å². The van der Waals surface area contributed by atoms with Crippen molar-refractivity contribution in [2.24, 2.45) is 0 Å². The van der Waals surface area contributed by atoms with Gasteiger partial charge in [-0.2, -0.15) is 0 Å². The van der Waals surface area contributed by atoms with Crippen molar-refractivity contribution < 1.29 is 23.3 Å². The largest absolute Gasteiger partial charge is 0.491 e. The van der Waals surface area contributed by atoms with Crippen LogP contribution in [0, 0.1) is 0 Å². The fourth-order valence-electron chi connectivity index (χ4n) is 2.05. The minimum Gasteiger partial charge on any atom is -0.491 e. The van der Waals surface area contributed by atoms with Gasteiger partial charge in [0.05, 0.1) is 19.8 Å². The van der Waals surface area contributed by atoms with E-state index in [1.165, 1.54) is 7.11 Å². The molecular formula is C14H18BrFO4. The highest BCUT2D eigenvalue weighted by molar-refractivity contribution is 9.10. The molecule has 1 saturated heterocycles. The normalized spacial score (nSPS) is 26.4. The number of rotatable bonds is 6. The molecular weight excluding hydrogens is 331 g/mol. The molecule has 0 amide bonds. The standard InChI is InChI=1S/C14H18BrFO4/c1-17-9-14(8-16)10-18-6-13(20-14)7-19-12-4-2-11(15)3-5-12/h2-5,13H,6-10H2,1H3/t13-,14-/m0/s1. The Morgan fingerprint density at radius 2 is 2.15 bits per heavy atom. The Bertz CT molecular complexity index is 410. The molecule has 0 spiro atoms. The summed E-state index contributed by atoms with van der Waals surface area (Å²) in [6, 6.07) is 7.49. The highest BCUT2D eigenvalue weighted by Crippen LogP contribution is 2.23. The number of ether oxygens (including phenoxy) is 4. The zero-order valence-corrected chi connectivity index (χ0v) is 12.9. The molecule has 112 valence electrons. The Morgan fingerprint density at radius 1 is 1.40 bits per heavy atom. The molecule has 20 heavy (non-hydrogen) atoms. The van der Waals surface area contributed by atoms with Gasteiger partial charge in [-0.15, -0.1) is 0 Å². The second-order valence-electron chi connectivity index (χ2n) is 4.77. The molecule has 1 aromatic rings. The number of alkyl halides is 1. The SMILES string of the molecule is COC[C@@]1(CF)COC[C@@H](COc2ccc(Br)cc2)O1. The summed E-state index contributed by atoms with van der Waals surface area (Å²) in [4.78, 5) is 0. The van der Waals surface area contributed by atoms with Crippen molar-refractivity contribution in [2.45, 2.75) is 11.7 Å². The zero-order valence-electron chi connectivity index (χ0n) is 11.3. The number of hydrogen-bond donors (Lipinski definition) is 0. The van der Waals surface area contributed by atoms with Gasteiger partial charge in [-0.1, -0.05) is 15.9 Å². The summed E-state index contributed by atoms with van der Waals surface area (Å²) in [7, 11) is 1.52. The third kappa shape index (κ3) is 4.15. The minimum absolute atomic E-state index is 0.165. The Balaban J connectivity index is 1.87. The summed E-state index contributed by atoms with van der Waals surface area (Å²) in [6.07, 6.45) is -0.307. The summed E-state index contributed by atoms with van der Waals surface area (Å²) in [5.74, 6) is 0.736. The van der Waals surface area contributed by atoms with Crippen molar-refractivity contribution >= 4 is 15.9 Å². The van der Waals surface area contributed by atoms with Gasteiger partial charge >= 0.3 is 0 Å². The summed E-state index contributed by atoms with van der Waals surface area (Å²) in [6.45, 7) is 0.426. The monoisotopic (exact) mass is 348 g/mol. The van der Waals surface area contributed by atoms with Gasteiger partial charge in [0.1, 0.15) is 30.7 Å².